The number of nitrogens with zero attached hydrogens (tertiary/aromatic N) is 1. The Balaban J connectivity index is 2.07. The standard InChI is InChI=1S/C19H30N2O5/c1-12-7-9-19(10-8-12,21-17(23)26-18(4,5)6)16(22)24-11-15-20-13(2)14(3)25-15/h12H,7-11H2,1-6H3,(H,21,23). The monoisotopic (exact) mass is 366 g/mol. The number of hydrogen-bond acceptors (Lipinski definition) is 6. The van der Waals surface area contributed by atoms with Gasteiger partial charge in [-0.3, -0.25) is 0 Å². The van der Waals surface area contributed by atoms with E-state index in [9.17, 15) is 9.59 Å². The van der Waals surface area contributed by atoms with Crippen LogP contribution in [0.25, 0.3) is 0 Å². The summed E-state index contributed by atoms with van der Waals surface area (Å²) in [4.78, 5) is 29.3. The second-order valence-corrected chi connectivity index (χ2v) is 8.22. The number of esters is 1. The molecule has 1 aliphatic rings. The van der Waals surface area contributed by atoms with E-state index in [0.29, 0.717) is 30.4 Å². The maximum Gasteiger partial charge on any atom is 0.408 e. The predicted molar refractivity (Wildman–Crippen MR) is 95.5 cm³/mol. The number of nitrogens with one attached hydrogen (secondary N) is 1. The van der Waals surface area contributed by atoms with Gasteiger partial charge >= 0.3 is 12.1 Å². The molecule has 0 radical (unpaired) electrons. The lowest BCUT2D eigenvalue weighted by molar-refractivity contribution is -0.155. The number of aryl methyl sites for hydroxylation is 2. The number of alkyl carbamates (subject to hydrolysis) is 1. The number of amides is 1. The number of hydrogen-bond donors (Lipinski definition) is 1. The van der Waals surface area contributed by atoms with Crippen molar-refractivity contribution >= 4 is 12.1 Å². The minimum atomic E-state index is -1.06. The zero-order chi connectivity index (χ0) is 19.5. The summed E-state index contributed by atoms with van der Waals surface area (Å²) < 4.78 is 16.2. The van der Waals surface area contributed by atoms with Gasteiger partial charge in [0.15, 0.2) is 6.61 Å². The smallest absolute Gasteiger partial charge is 0.408 e. The van der Waals surface area contributed by atoms with E-state index >= 15 is 0 Å². The van der Waals surface area contributed by atoms with Gasteiger partial charge < -0.3 is 19.2 Å². The topological polar surface area (TPSA) is 90.7 Å². The molecule has 0 spiro atoms. The summed E-state index contributed by atoms with van der Waals surface area (Å²) in [6, 6.07) is 0. The van der Waals surface area contributed by atoms with E-state index in [2.05, 4.69) is 17.2 Å². The summed E-state index contributed by atoms with van der Waals surface area (Å²) in [5.41, 5.74) is -0.931. The Bertz CT molecular complexity index is 632. The third kappa shape index (κ3) is 5.22. The molecule has 1 saturated carbocycles. The predicted octanol–water partition coefficient (Wildman–Crippen LogP) is 3.81. The lowest BCUT2D eigenvalue weighted by atomic mass is 9.77. The molecule has 0 saturated heterocycles. The Kier molecular flexibility index (Phi) is 5.98. The molecular weight excluding hydrogens is 336 g/mol. The summed E-state index contributed by atoms with van der Waals surface area (Å²) in [6.45, 7) is 11.1. The molecule has 1 heterocycles. The van der Waals surface area contributed by atoms with E-state index in [-0.39, 0.29) is 6.61 Å². The minimum absolute atomic E-state index is 0.0547. The molecule has 0 bridgehead atoms. The first kappa shape index (κ1) is 20.3. The van der Waals surface area contributed by atoms with E-state index in [0.717, 1.165) is 18.5 Å². The van der Waals surface area contributed by atoms with Crippen molar-refractivity contribution in [3.8, 4) is 0 Å². The van der Waals surface area contributed by atoms with Crippen LogP contribution >= 0.6 is 0 Å². The van der Waals surface area contributed by atoms with Crippen LogP contribution in [0.2, 0.25) is 0 Å². The van der Waals surface area contributed by atoms with Crippen LogP contribution in [-0.4, -0.2) is 28.2 Å². The normalized spacial score (nSPS) is 23.4. The summed E-state index contributed by atoms with van der Waals surface area (Å²) in [5.74, 6) is 1.09. The van der Waals surface area contributed by atoms with Crippen LogP contribution in [0.1, 0.15) is 70.7 Å². The van der Waals surface area contributed by atoms with Gasteiger partial charge in [-0.15, -0.1) is 0 Å². The highest BCUT2D eigenvalue weighted by atomic mass is 16.6. The average Bonchev–Trinajstić information content (AvgIpc) is 2.84. The Morgan fingerprint density at radius 3 is 2.38 bits per heavy atom. The molecule has 1 amide bonds. The number of carbonyl (C=O) groups is 2. The SMILES string of the molecule is Cc1nc(COC(=O)C2(NC(=O)OC(C)(C)C)CCC(C)CC2)oc1C. The van der Waals surface area contributed by atoms with Crippen molar-refractivity contribution in [2.75, 3.05) is 0 Å². The number of rotatable bonds is 4. The van der Waals surface area contributed by atoms with Gasteiger partial charge in [0.05, 0.1) is 5.69 Å². The van der Waals surface area contributed by atoms with Gasteiger partial charge in [-0.05, 0) is 66.2 Å². The zero-order valence-corrected chi connectivity index (χ0v) is 16.6. The highest BCUT2D eigenvalue weighted by Crippen LogP contribution is 2.33. The largest absolute Gasteiger partial charge is 0.454 e. The molecule has 7 heteroatoms. The van der Waals surface area contributed by atoms with Crippen LogP contribution < -0.4 is 5.32 Å². The van der Waals surface area contributed by atoms with Crippen LogP contribution in [0, 0.1) is 19.8 Å². The zero-order valence-electron chi connectivity index (χ0n) is 16.6. The number of carbonyl (C=O) groups excluding carboxylic acids is 2. The van der Waals surface area contributed by atoms with Crippen molar-refractivity contribution < 1.29 is 23.5 Å². The molecule has 146 valence electrons. The minimum Gasteiger partial charge on any atom is -0.454 e. The van der Waals surface area contributed by atoms with Crippen LogP contribution in [-0.2, 0) is 20.9 Å². The lowest BCUT2D eigenvalue weighted by Gasteiger charge is -2.38. The maximum absolute atomic E-state index is 12.8. The fraction of sp³-hybridized carbons (Fsp3) is 0.737. The van der Waals surface area contributed by atoms with Crippen molar-refractivity contribution in [2.24, 2.45) is 5.92 Å². The fourth-order valence-corrected chi connectivity index (χ4v) is 3.00. The van der Waals surface area contributed by atoms with E-state index in [1.165, 1.54) is 0 Å². The Labute approximate surface area is 154 Å². The quantitative estimate of drug-likeness (QED) is 0.815. The average molecular weight is 366 g/mol. The van der Waals surface area contributed by atoms with Crippen LogP contribution in [0.15, 0.2) is 4.42 Å². The van der Waals surface area contributed by atoms with Gasteiger partial charge in [-0.2, -0.15) is 0 Å². The highest BCUT2D eigenvalue weighted by molar-refractivity contribution is 5.86. The van der Waals surface area contributed by atoms with Gasteiger partial charge in [-0.25, -0.2) is 14.6 Å². The summed E-state index contributed by atoms with van der Waals surface area (Å²) in [5, 5.41) is 2.78. The molecule has 0 unspecified atom stereocenters. The van der Waals surface area contributed by atoms with Crippen molar-refractivity contribution in [1.29, 1.82) is 0 Å². The molecule has 0 aromatic carbocycles. The Morgan fingerprint density at radius 1 is 1.27 bits per heavy atom. The molecule has 1 N–H and O–H groups in total. The number of aromatic nitrogens is 1. The lowest BCUT2D eigenvalue weighted by Crippen LogP contribution is -2.57. The Morgan fingerprint density at radius 2 is 1.88 bits per heavy atom. The van der Waals surface area contributed by atoms with Gasteiger partial charge in [-0.1, -0.05) is 6.92 Å². The van der Waals surface area contributed by atoms with Gasteiger partial charge in [0.25, 0.3) is 0 Å². The van der Waals surface area contributed by atoms with E-state index in [1.54, 1.807) is 20.8 Å². The number of oxazole rings is 1. The maximum atomic E-state index is 12.8. The van der Waals surface area contributed by atoms with E-state index in [1.807, 2.05) is 13.8 Å². The molecule has 0 aliphatic heterocycles. The first-order chi connectivity index (χ1) is 12.0. The summed E-state index contributed by atoms with van der Waals surface area (Å²) in [6.07, 6.45) is 2.11. The molecule has 26 heavy (non-hydrogen) atoms. The molecule has 1 aromatic heterocycles. The van der Waals surface area contributed by atoms with Gasteiger partial charge in [0, 0.05) is 0 Å². The third-order valence-electron chi connectivity index (χ3n) is 4.66. The van der Waals surface area contributed by atoms with Crippen molar-refractivity contribution in [3.63, 3.8) is 0 Å². The first-order valence-corrected chi connectivity index (χ1v) is 9.12. The molecule has 1 aliphatic carbocycles. The van der Waals surface area contributed by atoms with E-state index < -0.39 is 23.2 Å². The molecule has 0 atom stereocenters. The number of ether oxygens (including phenoxy) is 2. The molecule has 1 aromatic rings. The van der Waals surface area contributed by atoms with E-state index in [4.69, 9.17) is 13.9 Å². The van der Waals surface area contributed by atoms with Crippen LogP contribution in [0.3, 0.4) is 0 Å². The van der Waals surface area contributed by atoms with Crippen LogP contribution in [0.4, 0.5) is 4.79 Å². The summed E-state index contributed by atoms with van der Waals surface area (Å²) >= 11 is 0. The summed E-state index contributed by atoms with van der Waals surface area (Å²) in [7, 11) is 0. The second-order valence-electron chi connectivity index (χ2n) is 8.22. The molecular formula is C19H30N2O5. The molecule has 2 rings (SSSR count). The van der Waals surface area contributed by atoms with Crippen LogP contribution in [0.5, 0.6) is 0 Å². The fourth-order valence-electron chi connectivity index (χ4n) is 3.00. The third-order valence-corrected chi connectivity index (χ3v) is 4.66. The van der Waals surface area contributed by atoms with Gasteiger partial charge in [0.1, 0.15) is 16.9 Å². The highest BCUT2D eigenvalue weighted by Gasteiger charge is 2.44. The Hall–Kier alpha value is -2.05. The second kappa shape index (κ2) is 7.68. The first-order valence-electron chi connectivity index (χ1n) is 9.12. The molecule has 7 nitrogen and oxygen atoms in total. The molecule has 1 fully saturated rings. The van der Waals surface area contributed by atoms with Crippen molar-refractivity contribution in [2.45, 2.75) is 85.0 Å². The van der Waals surface area contributed by atoms with Gasteiger partial charge in [0.2, 0.25) is 5.89 Å². The van der Waals surface area contributed by atoms with Crippen molar-refractivity contribution in [3.05, 3.63) is 17.3 Å². The van der Waals surface area contributed by atoms with Crippen molar-refractivity contribution in [1.82, 2.24) is 10.3 Å².